The molecule has 2 unspecified atom stereocenters. The van der Waals surface area contributed by atoms with Crippen molar-refractivity contribution in [1.82, 2.24) is 10.2 Å². The lowest BCUT2D eigenvalue weighted by Crippen LogP contribution is -2.40. The van der Waals surface area contributed by atoms with E-state index in [1.165, 1.54) is 4.90 Å². The lowest BCUT2D eigenvalue weighted by molar-refractivity contribution is -0.139. The molecule has 0 aromatic heterocycles. The average molecular weight is 258 g/mol. The van der Waals surface area contributed by atoms with Crippen LogP contribution in [-0.4, -0.2) is 28.8 Å². The highest BCUT2D eigenvalue weighted by Gasteiger charge is 2.46. The fourth-order valence-corrected chi connectivity index (χ4v) is 2.64. The average Bonchev–Trinajstić information content (AvgIpc) is 3.19. The Morgan fingerprint density at radius 2 is 1.89 bits per heavy atom. The molecule has 2 aliphatic rings. The zero-order valence-electron chi connectivity index (χ0n) is 11.0. The number of carbonyl (C=O) groups excluding carboxylic acids is 2. The quantitative estimate of drug-likeness (QED) is 0.835. The van der Waals surface area contributed by atoms with Gasteiger partial charge in [0, 0.05) is 12.1 Å². The molecule has 1 saturated heterocycles. The molecule has 1 aromatic carbocycles. The molecule has 2 fully saturated rings. The first-order chi connectivity index (χ1) is 9.16. The van der Waals surface area contributed by atoms with Crippen LogP contribution in [-0.2, 0) is 9.59 Å². The minimum absolute atomic E-state index is 0.0229. The molecule has 2 atom stereocenters. The molecule has 2 amide bonds. The van der Waals surface area contributed by atoms with Crippen LogP contribution < -0.4 is 5.32 Å². The standard InChI is InChI=1S/C15H18N2O2/c1-10(11-5-3-2-4-6-11)16-13-9-14(18)17(15(13)19)12-7-8-12/h2-6,10,12-13,16H,7-9H2,1H3. The van der Waals surface area contributed by atoms with E-state index < -0.39 is 0 Å². The molecule has 19 heavy (non-hydrogen) atoms. The van der Waals surface area contributed by atoms with Crippen LogP contribution >= 0.6 is 0 Å². The molecule has 0 bridgehead atoms. The Hall–Kier alpha value is -1.68. The summed E-state index contributed by atoms with van der Waals surface area (Å²) in [6.45, 7) is 2.02. The molecule has 0 spiro atoms. The number of benzene rings is 1. The number of rotatable bonds is 4. The van der Waals surface area contributed by atoms with Crippen LogP contribution in [0.1, 0.15) is 37.8 Å². The number of carbonyl (C=O) groups is 2. The van der Waals surface area contributed by atoms with Crippen LogP contribution in [0.2, 0.25) is 0 Å². The maximum absolute atomic E-state index is 12.2. The van der Waals surface area contributed by atoms with Gasteiger partial charge in [-0.15, -0.1) is 0 Å². The van der Waals surface area contributed by atoms with E-state index in [4.69, 9.17) is 0 Å². The van der Waals surface area contributed by atoms with Crippen LogP contribution in [0.5, 0.6) is 0 Å². The Morgan fingerprint density at radius 3 is 2.53 bits per heavy atom. The Labute approximate surface area is 112 Å². The van der Waals surface area contributed by atoms with Crippen molar-refractivity contribution in [3.05, 3.63) is 35.9 Å². The van der Waals surface area contributed by atoms with Gasteiger partial charge in [-0.2, -0.15) is 0 Å². The third-order valence-electron chi connectivity index (χ3n) is 3.85. The van der Waals surface area contributed by atoms with E-state index in [1.54, 1.807) is 0 Å². The van der Waals surface area contributed by atoms with E-state index in [0.29, 0.717) is 6.42 Å². The van der Waals surface area contributed by atoms with Gasteiger partial charge in [0.2, 0.25) is 11.8 Å². The number of hydrogen-bond acceptors (Lipinski definition) is 3. The SMILES string of the molecule is CC(NC1CC(=O)N(C2CC2)C1=O)c1ccccc1. The van der Waals surface area contributed by atoms with E-state index in [-0.39, 0.29) is 29.9 Å². The molecule has 1 aliphatic carbocycles. The molecule has 4 nitrogen and oxygen atoms in total. The molecule has 4 heteroatoms. The highest BCUT2D eigenvalue weighted by molar-refractivity contribution is 6.06. The lowest BCUT2D eigenvalue weighted by Gasteiger charge is -2.19. The highest BCUT2D eigenvalue weighted by Crippen LogP contribution is 2.32. The molecular weight excluding hydrogens is 240 g/mol. The van der Waals surface area contributed by atoms with Crippen molar-refractivity contribution in [3.8, 4) is 0 Å². The largest absolute Gasteiger partial charge is 0.299 e. The maximum Gasteiger partial charge on any atom is 0.247 e. The van der Waals surface area contributed by atoms with E-state index >= 15 is 0 Å². The van der Waals surface area contributed by atoms with E-state index in [0.717, 1.165) is 18.4 Å². The highest BCUT2D eigenvalue weighted by atomic mass is 16.2. The Bertz CT molecular complexity index is 496. The fraction of sp³-hybridized carbons (Fsp3) is 0.467. The van der Waals surface area contributed by atoms with Crippen LogP contribution in [0.15, 0.2) is 30.3 Å². The number of hydrogen-bond donors (Lipinski definition) is 1. The van der Waals surface area contributed by atoms with Crippen molar-refractivity contribution in [2.75, 3.05) is 0 Å². The van der Waals surface area contributed by atoms with Gasteiger partial charge in [0.25, 0.3) is 0 Å². The van der Waals surface area contributed by atoms with E-state index in [1.807, 2.05) is 37.3 Å². The van der Waals surface area contributed by atoms with Crippen molar-refractivity contribution in [1.29, 1.82) is 0 Å². The first kappa shape index (κ1) is 12.4. The van der Waals surface area contributed by atoms with Crippen molar-refractivity contribution in [3.63, 3.8) is 0 Å². The second-order valence-electron chi connectivity index (χ2n) is 5.39. The maximum atomic E-state index is 12.2. The summed E-state index contributed by atoms with van der Waals surface area (Å²) in [6, 6.07) is 9.87. The second-order valence-corrected chi connectivity index (χ2v) is 5.39. The summed E-state index contributed by atoms with van der Waals surface area (Å²) in [5.41, 5.74) is 1.13. The van der Waals surface area contributed by atoms with Crippen LogP contribution in [0, 0.1) is 0 Å². The number of likely N-dealkylation sites (tertiary alicyclic amines) is 1. The van der Waals surface area contributed by atoms with Crippen LogP contribution in [0.3, 0.4) is 0 Å². The summed E-state index contributed by atoms with van der Waals surface area (Å²) in [5, 5.41) is 3.28. The number of imide groups is 1. The number of amides is 2. The zero-order valence-corrected chi connectivity index (χ0v) is 11.0. The number of nitrogens with one attached hydrogen (secondary N) is 1. The van der Waals surface area contributed by atoms with Crippen molar-refractivity contribution in [2.24, 2.45) is 0 Å². The smallest absolute Gasteiger partial charge is 0.247 e. The zero-order chi connectivity index (χ0) is 13.4. The normalized spacial score (nSPS) is 24.9. The van der Waals surface area contributed by atoms with Crippen molar-refractivity contribution >= 4 is 11.8 Å². The topological polar surface area (TPSA) is 49.4 Å². The van der Waals surface area contributed by atoms with Gasteiger partial charge in [-0.3, -0.25) is 19.8 Å². The third-order valence-corrected chi connectivity index (χ3v) is 3.85. The fourth-order valence-electron chi connectivity index (χ4n) is 2.64. The lowest BCUT2D eigenvalue weighted by atomic mass is 10.1. The molecule has 100 valence electrons. The van der Waals surface area contributed by atoms with Gasteiger partial charge in [-0.05, 0) is 25.3 Å². The van der Waals surface area contributed by atoms with Crippen molar-refractivity contribution < 1.29 is 9.59 Å². The minimum atomic E-state index is -0.358. The summed E-state index contributed by atoms with van der Waals surface area (Å²) in [4.78, 5) is 25.5. The molecular formula is C15H18N2O2. The summed E-state index contributed by atoms with van der Waals surface area (Å²) in [7, 11) is 0. The van der Waals surface area contributed by atoms with Gasteiger partial charge in [0.15, 0.2) is 0 Å². The summed E-state index contributed by atoms with van der Waals surface area (Å²) < 4.78 is 0. The Balaban J connectivity index is 1.67. The van der Waals surface area contributed by atoms with Gasteiger partial charge < -0.3 is 0 Å². The molecule has 1 saturated carbocycles. The summed E-state index contributed by atoms with van der Waals surface area (Å²) in [6.07, 6.45) is 2.24. The van der Waals surface area contributed by atoms with Gasteiger partial charge in [0.1, 0.15) is 0 Å². The predicted molar refractivity (Wildman–Crippen MR) is 71.3 cm³/mol. The predicted octanol–water partition coefficient (Wildman–Crippen LogP) is 1.63. The monoisotopic (exact) mass is 258 g/mol. The minimum Gasteiger partial charge on any atom is -0.299 e. The molecule has 3 rings (SSSR count). The van der Waals surface area contributed by atoms with Crippen molar-refractivity contribution in [2.45, 2.75) is 44.3 Å². The van der Waals surface area contributed by atoms with Gasteiger partial charge >= 0.3 is 0 Å². The molecule has 1 heterocycles. The Morgan fingerprint density at radius 1 is 1.21 bits per heavy atom. The first-order valence-electron chi connectivity index (χ1n) is 6.83. The summed E-state index contributed by atoms with van der Waals surface area (Å²) in [5.74, 6) is -0.0689. The number of nitrogens with zero attached hydrogens (tertiary/aromatic N) is 1. The van der Waals surface area contributed by atoms with Gasteiger partial charge in [-0.25, -0.2) is 0 Å². The molecule has 1 aromatic rings. The third kappa shape index (κ3) is 2.40. The molecule has 1 N–H and O–H groups in total. The van der Waals surface area contributed by atoms with E-state index in [2.05, 4.69) is 5.32 Å². The summed E-state index contributed by atoms with van der Waals surface area (Å²) >= 11 is 0. The van der Waals surface area contributed by atoms with Crippen LogP contribution in [0.4, 0.5) is 0 Å². The van der Waals surface area contributed by atoms with Gasteiger partial charge in [0.05, 0.1) is 12.5 Å². The van der Waals surface area contributed by atoms with Gasteiger partial charge in [-0.1, -0.05) is 30.3 Å². The first-order valence-corrected chi connectivity index (χ1v) is 6.83. The second kappa shape index (κ2) is 4.78. The molecule has 1 aliphatic heterocycles. The molecule has 0 radical (unpaired) electrons. The van der Waals surface area contributed by atoms with Crippen LogP contribution in [0.25, 0.3) is 0 Å². The van der Waals surface area contributed by atoms with E-state index in [9.17, 15) is 9.59 Å². The Kier molecular flexibility index (Phi) is 3.11.